The van der Waals surface area contributed by atoms with Gasteiger partial charge >= 0.3 is 0 Å². The molecule has 1 aromatic carbocycles. The quantitative estimate of drug-likeness (QED) is 0.663. The standard InChI is InChI=1S/C11H16N2O3/c1-3-9(14)13-11(12)7-5-4-6-8(16-2)10(7)15/h4-6,11,15H,3,12H2,1-2H3,(H,13,14)/t11-/m1/s1. The van der Waals surface area contributed by atoms with Gasteiger partial charge in [-0.1, -0.05) is 19.1 Å². The van der Waals surface area contributed by atoms with Crippen LogP contribution in [0.25, 0.3) is 0 Å². The highest BCUT2D eigenvalue weighted by molar-refractivity contribution is 5.76. The lowest BCUT2D eigenvalue weighted by atomic mass is 10.1. The maximum absolute atomic E-state index is 11.2. The molecule has 0 unspecified atom stereocenters. The smallest absolute Gasteiger partial charge is 0.221 e. The Bertz CT molecular complexity index is 379. The molecule has 0 aliphatic heterocycles. The van der Waals surface area contributed by atoms with Crippen LogP contribution in [-0.2, 0) is 4.79 Å². The molecule has 0 radical (unpaired) electrons. The molecule has 1 rings (SSSR count). The van der Waals surface area contributed by atoms with Crippen molar-refractivity contribution in [3.05, 3.63) is 23.8 Å². The number of rotatable bonds is 4. The normalized spacial score (nSPS) is 11.9. The zero-order chi connectivity index (χ0) is 12.1. The van der Waals surface area contributed by atoms with Crippen LogP contribution in [0.1, 0.15) is 25.1 Å². The summed E-state index contributed by atoms with van der Waals surface area (Å²) in [5.41, 5.74) is 6.18. The first kappa shape index (κ1) is 12.3. The van der Waals surface area contributed by atoms with E-state index >= 15 is 0 Å². The van der Waals surface area contributed by atoms with Crippen molar-refractivity contribution >= 4 is 5.91 Å². The molecule has 0 saturated heterocycles. The molecule has 0 saturated carbocycles. The second-order valence-electron chi connectivity index (χ2n) is 3.30. The van der Waals surface area contributed by atoms with Crippen molar-refractivity contribution in [1.82, 2.24) is 5.32 Å². The molecule has 5 nitrogen and oxygen atoms in total. The fraction of sp³-hybridized carbons (Fsp3) is 0.364. The van der Waals surface area contributed by atoms with Crippen LogP contribution in [0.5, 0.6) is 11.5 Å². The molecule has 4 N–H and O–H groups in total. The predicted molar refractivity (Wildman–Crippen MR) is 60.0 cm³/mol. The van der Waals surface area contributed by atoms with Crippen LogP contribution in [0.4, 0.5) is 0 Å². The second-order valence-corrected chi connectivity index (χ2v) is 3.30. The van der Waals surface area contributed by atoms with Crippen molar-refractivity contribution < 1.29 is 14.6 Å². The van der Waals surface area contributed by atoms with Crippen molar-refractivity contribution in [1.29, 1.82) is 0 Å². The van der Waals surface area contributed by atoms with Crippen molar-refractivity contribution in [3.8, 4) is 11.5 Å². The Morgan fingerprint density at radius 2 is 2.31 bits per heavy atom. The lowest BCUT2D eigenvalue weighted by molar-refractivity contribution is -0.121. The fourth-order valence-electron chi connectivity index (χ4n) is 1.31. The van der Waals surface area contributed by atoms with E-state index in [0.29, 0.717) is 17.7 Å². The number of carbonyl (C=O) groups is 1. The topological polar surface area (TPSA) is 84.6 Å². The van der Waals surface area contributed by atoms with E-state index in [1.807, 2.05) is 0 Å². The van der Waals surface area contributed by atoms with Gasteiger partial charge in [-0.2, -0.15) is 0 Å². The lowest BCUT2D eigenvalue weighted by Gasteiger charge is -2.16. The first-order valence-corrected chi connectivity index (χ1v) is 5.01. The number of benzene rings is 1. The summed E-state index contributed by atoms with van der Waals surface area (Å²) in [4.78, 5) is 11.2. The van der Waals surface area contributed by atoms with Crippen LogP contribution in [-0.4, -0.2) is 18.1 Å². The van der Waals surface area contributed by atoms with E-state index in [9.17, 15) is 9.90 Å². The summed E-state index contributed by atoms with van der Waals surface area (Å²) in [5, 5.41) is 12.3. The largest absolute Gasteiger partial charge is 0.504 e. The van der Waals surface area contributed by atoms with Gasteiger partial charge < -0.3 is 20.9 Å². The SMILES string of the molecule is CCC(=O)N[C@@H](N)c1cccc(OC)c1O. The molecule has 16 heavy (non-hydrogen) atoms. The molecule has 0 aliphatic carbocycles. The molecular weight excluding hydrogens is 208 g/mol. The maximum atomic E-state index is 11.2. The molecule has 1 amide bonds. The van der Waals surface area contributed by atoms with Gasteiger partial charge in [0.05, 0.1) is 7.11 Å². The highest BCUT2D eigenvalue weighted by atomic mass is 16.5. The van der Waals surface area contributed by atoms with Crippen LogP contribution in [0.15, 0.2) is 18.2 Å². The Hall–Kier alpha value is -1.75. The molecule has 1 aromatic rings. The molecule has 0 fully saturated rings. The number of nitrogens with one attached hydrogen (secondary N) is 1. The number of hydrogen-bond acceptors (Lipinski definition) is 4. The Labute approximate surface area is 94.2 Å². The minimum atomic E-state index is -0.734. The number of nitrogens with two attached hydrogens (primary N) is 1. The van der Waals surface area contributed by atoms with Gasteiger partial charge in [0.2, 0.25) is 5.91 Å². The van der Waals surface area contributed by atoms with Crippen LogP contribution >= 0.6 is 0 Å². The molecule has 5 heteroatoms. The van der Waals surface area contributed by atoms with E-state index in [2.05, 4.69) is 5.32 Å². The molecule has 0 bridgehead atoms. The summed E-state index contributed by atoms with van der Waals surface area (Å²) in [6.45, 7) is 1.73. The minimum absolute atomic E-state index is 0.0473. The number of phenolic OH excluding ortho intramolecular Hbond substituents is 1. The second kappa shape index (κ2) is 5.37. The summed E-state index contributed by atoms with van der Waals surface area (Å²) >= 11 is 0. The summed E-state index contributed by atoms with van der Waals surface area (Å²) in [5.74, 6) is 0.113. The zero-order valence-electron chi connectivity index (χ0n) is 9.36. The van der Waals surface area contributed by atoms with E-state index in [4.69, 9.17) is 10.5 Å². The predicted octanol–water partition coefficient (Wildman–Crippen LogP) is 0.884. The molecular formula is C11H16N2O3. The van der Waals surface area contributed by atoms with Crippen LogP contribution in [0.2, 0.25) is 0 Å². The number of phenols is 1. The Balaban J connectivity index is 2.91. The third kappa shape index (κ3) is 2.64. The Kier molecular flexibility index (Phi) is 4.13. The van der Waals surface area contributed by atoms with Gasteiger partial charge in [0.15, 0.2) is 11.5 Å². The third-order valence-electron chi connectivity index (χ3n) is 2.22. The number of aromatic hydroxyl groups is 1. The molecule has 1 atom stereocenters. The van der Waals surface area contributed by atoms with Gasteiger partial charge in [0, 0.05) is 12.0 Å². The van der Waals surface area contributed by atoms with E-state index in [1.54, 1.807) is 25.1 Å². The van der Waals surface area contributed by atoms with Crippen LogP contribution in [0, 0.1) is 0 Å². The van der Waals surface area contributed by atoms with Crippen molar-refractivity contribution in [2.75, 3.05) is 7.11 Å². The monoisotopic (exact) mass is 224 g/mol. The van der Waals surface area contributed by atoms with Crippen molar-refractivity contribution in [2.24, 2.45) is 5.73 Å². The number of methoxy groups -OCH3 is 1. The van der Waals surface area contributed by atoms with Gasteiger partial charge in [-0.3, -0.25) is 4.79 Å². The molecule has 0 aliphatic rings. The average Bonchev–Trinajstić information content (AvgIpc) is 2.29. The Morgan fingerprint density at radius 3 is 2.88 bits per heavy atom. The number of amides is 1. The summed E-state index contributed by atoms with van der Waals surface area (Å²) in [6, 6.07) is 4.96. The van der Waals surface area contributed by atoms with Crippen molar-refractivity contribution in [2.45, 2.75) is 19.5 Å². The maximum Gasteiger partial charge on any atom is 0.221 e. The van der Waals surface area contributed by atoms with E-state index in [1.165, 1.54) is 7.11 Å². The fourth-order valence-corrected chi connectivity index (χ4v) is 1.31. The van der Waals surface area contributed by atoms with Crippen LogP contribution < -0.4 is 15.8 Å². The minimum Gasteiger partial charge on any atom is -0.504 e. The molecule has 88 valence electrons. The van der Waals surface area contributed by atoms with Gasteiger partial charge in [-0.05, 0) is 6.07 Å². The van der Waals surface area contributed by atoms with Gasteiger partial charge in [0.25, 0.3) is 0 Å². The third-order valence-corrected chi connectivity index (χ3v) is 2.22. The lowest BCUT2D eigenvalue weighted by Crippen LogP contribution is -2.33. The number of hydrogen-bond donors (Lipinski definition) is 3. The summed E-state index contributed by atoms with van der Waals surface area (Å²) < 4.78 is 4.95. The van der Waals surface area contributed by atoms with Crippen molar-refractivity contribution in [3.63, 3.8) is 0 Å². The number of carbonyl (C=O) groups excluding carboxylic acids is 1. The van der Waals surface area contributed by atoms with Gasteiger partial charge in [-0.15, -0.1) is 0 Å². The van der Waals surface area contributed by atoms with E-state index < -0.39 is 6.17 Å². The first-order valence-electron chi connectivity index (χ1n) is 5.01. The highest BCUT2D eigenvalue weighted by Crippen LogP contribution is 2.31. The Morgan fingerprint density at radius 1 is 1.62 bits per heavy atom. The first-order chi connectivity index (χ1) is 7.60. The van der Waals surface area contributed by atoms with Crippen LogP contribution in [0.3, 0.4) is 0 Å². The van der Waals surface area contributed by atoms with Gasteiger partial charge in [-0.25, -0.2) is 0 Å². The summed E-state index contributed by atoms with van der Waals surface area (Å²) in [7, 11) is 1.45. The molecule has 0 heterocycles. The van der Waals surface area contributed by atoms with E-state index in [-0.39, 0.29) is 11.7 Å². The van der Waals surface area contributed by atoms with Gasteiger partial charge in [0.1, 0.15) is 6.17 Å². The highest BCUT2D eigenvalue weighted by Gasteiger charge is 2.15. The number of ether oxygens (including phenoxy) is 1. The average molecular weight is 224 g/mol. The number of para-hydroxylation sites is 1. The summed E-state index contributed by atoms with van der Waals surface area (Å²) in [6.07, 6.45) is -0.388. The zero-order valence-corrected chi connectivity index (χ0v) is 9.36. The molecule has 0 aromatic heterocycles. The van der Waals surface area contributed by atoms with E-state index in [0.717, 1.165) is 0 Å². The molecule has 0 spiro atoms.